The zero-order chi connectivity index (χ0) is 52.2. The van der Waals surface area contributed by atoms with Gasteiger partial charge in [0.05, 0.1) is 0 Å². The number of allylic oxidation sites excluding steroid dienone is 14. The van der Waals surface area contributed by atoms with E-state index in [1.807, 2.05) is 0 Å². The number of unbranched alkanes of at least 4 members (excludes halogenated alkanes) is 30. The van der Waals surface area contributed by atoms with Crippen LogP contribution in [0, 0.1) is 0 Å². The van der Waals surface area contributed by atoms with Crippen LogP contribution in [0.1, 0.15) is 297 Å². The SMILES string of the molecule is CC/C=C\C/C=C\C/C=C\C/C=C\CCCCCCCCC(=O)OC(COC(=O)CCCCCCC/C=C\CCCCC)COC(=O)CCCCCCCCCCCCC/C=C\C/C=C\CCCCCCC. The Balaban J connectivity index is 4.34. The van der Waals surface area contributed by atoms with Crippen molar-refractivity contribution in [1.82, 2.24) is 0 Å². The zero-order valence-electron chi connectivity index (χ0n) is 47.4. The molecule has 72 heavy (non-hydrogen) atoms. The van der Waals surface area contributed by atoms with Gasteiger partial charge in [-0.2, -0.15) is 0 Å². The lowest BCUT2D eigenvalue weighted by Crippen LogP contribution is -2.30. The Hall–Kier alpha value is -3.41. The van der Waals surface area contributed by atoms with Gasteiger partial charge in [0, 0.05) is 19.3 Å². The van der Waals surface area contributed by atoms with E-state index in [2.05, 4.69) is 106 Å². The minimum atomic E-state index is -0.789. The van der Waals surface area contributed by atoms with Crippen LogP contribution in [-0.4, -0.2) is 37.2 Å². The molecule has 0 rings (SSSR count). The van der Waals surface area contributed by atoms with Gasteiger partial charge in [-0.3, -0.25) is 14.4 Å². The molecule has 0 amide bonds. The minimum Gasteiger partial charge on any atom is -0.462 e. The van der Waals surface area contributed by atoms with Gasteiger partial charge in [0.2, 0.25) is 0 Å². The topological polar surface area (TPSA) is 78.9 Å². The molecule has 0 spiro atoms. The molecule has 0 bridgehead atoms. The first-order valence-corrected chi connectivity index (χ1v) is 30.6. The van der Waals surface area contributed by atoms with Crippen molar-refractivity contribution in [3.63, 3.8) is 0 Å². The molecule has 414 valence electrons. The Labute approximate surface area is 445 Å². The monoisotopic (exact) mass is 1000 g/mol. The first-order valence-electron chi connectivity index (χ1n) is 30.6. The summed E-state index contributed by atoms with van der Waals surface area (Å²) < 4.78 is 16.9. The van der Waals surface area contributed by atoms with Gasteiger partial charge in [-0.25, -0.2) is 0 Å². The van der Waals surface area contributed by atoms with Crippen molar-refractivity contribution in [3.05, 3.63) is 85.1 Å². The van der Waals surface area contributed by atoms with Crippen LogP contribution in [0.3, 0.4) is 0 Å². The fourth-order valence-electron chi connectivity index (χ4n) is 8.52. The summed E-state index contributed by atoms with van der Waals surface area (Å²) in [4.78, 5) is 38.2. The smallest absolute Gasteiger partial charge is 0.306 e. The predicted molar refractivity (Wildman–Crippen MR) is 311 cm³/mol. The standard InChI is InChI=1S/C66H114O6/c1-4-7-10-13-16-19-22-25-27-29-31-32-33-34-36-37-39-41-44-47-50-53-56-59-65(68)71-62-63(61-70-64(67)58-55-52-49-46-43-24-21-18-15-12-9-6-3)72-66(69)60-57-54-51-48-45-42-40-38-35-30-28-26-23-20-17-14-11-8-5-2/h8,11,17-18,20-22,25-26,28-29,31,35,38,63H,4-7,9-10,12-16,19,23-24,27,30,32-34,36-37,39-62H2,1-3H3/b11-8-,20-17-,21-18-,25-22-,28-26-,31-29-,38-35-. The maximum atomic E-state index is 12.9. The lowest BCUT2D eigenvalue weighted by atomic mass is 10.0. The molecule has 0 aromatic rings. The summed E-state index contributed by atoms with van der Waals surface area (Å²) in [6.07, 6.45) is 78.6. The Morgan fingerprint density at radius 1 is 0.292 bits per heavy atom. The van der Waals surface area contributed by atoms with E-state index < -0.39 is 6.10 Å². The maximum absolute atomic E-state index is 12.9. The number of hydrogen-bond donors (Lipinski definition) is 0. The number of carbonyl (C=O) groups is 3. The third-order valence-electron chi connectivity index (χ3n) is 13.1. The number of hydrogen-bond acceptors (Lipinski definition) is 6. The van der Waals surface area contributed by atoms with Crippen molar-refractivity contribution in [2.75, 3.05) is 13.2 Å². The van der Waals surface area contributed by atoms with Crippen LogP contribution in [0.2, 0.25) is 0 Å². The second-order valence-corrected chi connectivity index (χ2v) is 20.2. The number of ether oxygens (including phenoxy) is 3. The third kappa shape index (κ3) is 57.5. The lowest BCUT2D eigenvalue weighted by Gasteiger charge is -2.18. The van der Waals surface area contributed by atoms with Crippen LogP contribution in [0.25, 0.3) is 0 Å². The molecule has 0 aliphatic rings. The molecule has 0 aliphatic heterocycles. The summed E-state index contributed by atoms with van der Waals surface area (Å²) in [6.45, 7) is 6.49. The molecule has 0 saturated carbocycles. The van der Waals surface area contributed by atoms with Crippen LogP contribution >= 0.6 is 0 Å². The van der Waals surface area contributed by atoms with Crippen LogP contribution in [0.4, 0.5) is 0 Å². The molecule has 0 saturated heterocycles. The van der Waals surface area contributed by atoms with E-state index in [4.69, 9.17) is 14.2 Å². The van der Waals surface area contributed by atoms with E-state index in [0.717, 1.165) is 109 Å². The van der Waals surface area contributed by atoms with Gasteiger partial charge < -0.3 is 14.2 Å². The predicted octanol–water partition coefficient (Wildman–Crippen LogP) is 20.7. The van der Waals surface area contributed by atoms with Crippen molar-refractivity contribution >= 4 is 17.9 Å². The number of rotatable bonds is 55. The number of carbonyl (C=O) groups excluding carboxylic acids is 3. The van der Waals surface area contributed by atoms with Gasteiger partial charge in [-0.15, -0.1) is 0 Å². The normalized spacial score (nSPS) is 12.7. The average molecular weight is 1000 g/mol. The summed E-state index contributed by atoms with van der Waals surface area (Å²) >= 11 is 0. The van der Waals surface area contributed by atoms with Gasteiger partial charge in [0.15, 0.2) is 6.10 Å². The first-order chi connectivity index (χ1) is 35.5. The summed E-state index contributed by atoms with van der Waals surface area (Å²) in [6, 6.07) is 0. The van der Waals surface area contributed by atoms with E-state index in [0.29, 0.717) is 19.3 Å². The van der Waals surface area contributed by atoms with Gasteiger partial charge in [-0.05, 0) is 116 Å². The van der Waals surface area contributed by atoms with Crippen molar-refractivity contribution in [3.8, 4) is 0 Å². The molecule has 0 aromatic heterocycles. The largest absolute Gasteiger partial charge is 0.462 e. The molecule has 6 heteroatoms. The summed E-state index contributed by atoms with van der Waals surface area (Å²) in [7, 11) is 0. The van der Waals surface area contributed by atoms with Crippen molar-refractivity contribution < 1.29 is 28.6 Å². The molecular weight excluding hydrogens is 889 g/mol. The van der Waals surface area contributed by atoms with Gasteiger partial charge in [0.25, 0.3) is 0 Å². The molecule has 0 aromatic carbocycles. The van der Waals surface area contributed by atoms with Crippen molar-refractivity contribution in [2.24, 2.45) is 0 Å². The van der Waals surface area contributed by atoms with Crippen molar-refractivity contribution in [1.29, 1.82) is 0 Å². The van der Waals surface area contributed by atoms with E-state index in [1.54, 1.807) is 0 Å². The lowest BCUT2D eigenvalue weighted by molar-refractivity contribution is -0.167. The molecular formula is C66H114O6. The van der Waals surface area contributed by atoms with E-state index in [9.17, 15) is 14.4 Å². The third-order valence-corrected chi connectivity index (χ3v) is 13.1. The summed E-state index contributed by atoms with van der Waals surface area (Å²) in [5.74, 6) is -0.903. The highest BCUT2D eigenvalue weighted by Crippen LogP contribution is 2.15. The molecule has 0 heterocycles. The van der Waals surface area contributed by atoms with Crippen LogP contribution in [-0.2, 0) is 28.6 Å². The van der Waals surface area contributed by atoms with Gasteiger partial charge >= 0.3 is 17.9 Å². The Morgan fingerprint density at radius 3 is 0.889 bits per heavy atom. The first kappa shape index (κ1) is 68.6. The van der Waals surface area contributed by atoms with Gasteiger partial charge in [-0.1, -0.05) is 247 Å². The van der Waals surface area contributed by atoms with Crippen molar-refractivity contribution in [2.45, 2.75) is 303 Å². The van der Waals surface area contributed by atoms with E-state index in [-0.39, 0.29) is 31.1 Å². The van der Waals surface area contributed by atoms with E-state index in [1.165, 1.54) is 148 Å². The molecule has 0 N–H and O–H groups in total. The van der Waals surface area contributed by atoms with Gasteiger partial charge in [0.1, 0.15) is 13.2 Å². The molecule has 1 atom stereocenters. The quantitative estimate of drug-likeness (QED) is 0.0261. The fraction of sp³-hybridized carbons (Fsp3) is 0.742. The minimum absolute atomic E-state index is 0.0855. The van der Waals surface area contributed by atoms with Crippen LogP contribution in [0.15, 0.2) is 85.1 Å². The number of esters is 3. The highest BCUT2D eigenvalue weighted by molar-refractivity contribution is 5.71. The fourth-order valence-corrected chi connectivity index (χ4v) is 8.52. The van der Waals surface area contributed by atoms with Crippen LogP contribution < -0.4 is 0 Å². The second kappa shape index (κ2) is 60.1. The maximum Gasteiger partial charge on any atom is 0.306 e. The zero-order valence-corrected chi connectivity index (χ0v) is 47.4. The molecule has 1 unspecified atom stereocenters. The van der Waals surface area contributed by atoms with E-state index >= 15 is 0 Å². The highest BCUT2D eigenvalue weighted by atomic mass is 16.6. The summed E-state index contributed by atoms with van der Waals surface area (Å²) in [5, 5.41) is 0. The average Bonchev–Trinajstić information content (AvgIpc) is 3.38. The Kier molecular flexibility index (Phi) is 57.3. The summed E-state index contributed by atoms with van der Waals surface area (Å²) in [5.41, 5.74) is 0. The molecule has 0 aliphatic carbocycles. The molecule has 0 radical (unpaired) electrons. The highest BCUT2D eigenvalue weighted by Gasteiger charge is 2.19. The second-order valence-electron chi connectivity index (χ2n) is 20.2. The Bertz CT molecular complexity index is 1380. The molecule has 6 nitrogen and oxygen atoms in total. The Morgan fingerprint density at radius 2 is 0.542 bits per heavy atom. The molecule has 0 fully saturated rings. The van der Waals surface area contributed by atoms with Crippen LogP contribution in [0.5, 0.6) is 0 Å².